The number of furan rings is 1. The van der Waals surface area contributed by atoms with Crippen molar-refractivity contribution in [2.24, 2.45) is 0 Å². The van der Waals surface area contributed by atoms with Crippen molar-refractivity contribution in [2.45, 2.75) is 0 Å². The van der Waals surface area contributed by atoms with Gasteiger partial charge >= 0.3 is 0 Å². The fraction of sp³-hybridized carbons (Fsp3) is 0. The number of benzene rings is 7. The maximum absolute atomic E-state index is 6.84. The molecule has 7 aromatic carbocycles. The van der Waals surface area contributed by atoms with Crippen molar-refractivity contribution >= 4 is 54.6 Å². The molecule has 3 heteroatoms. The summed E-state index contributed by atoms with van der Waals surface area (Å²) >= 11 is 0. The van der Waals surface area contributed by atoms with E-state index < -0.39 is 0 Å². The predicted octanol–water partition coefficient (Wildman–Crippen LogP) is 12.2. The molecular formula is C45H28N2O. The minimum absolute atomic E-state index is 0.844. The standard InChI is InChI=1S/C45H28N2O/c1-3-12-29(13-4-1)31-22-24-35-34-17-8-10-20-41(34)47(43(35)26-31)42-21-11-18-37-36-25-23-32(27-44(36)48-45(37)42)40-28-38(30-14-5-2-6-15-30)33-16-7-9-19-39(33)46-40/h1-28H. The molecule has 0 aliphatic heterocycles. The molecule has 0 atom stereocenters. The maximum atomic E-state index is 6.84. The van der Waals surface area contributed by atoms with Crippen molar-refractivity contribution < 1.29 is 4.42 Å². The van der Waals surface area contributed by atoms with Crippen LogP contribution in [0.15, 0.2) is 174 Å². The Morgan fingerprint density at radius 2 is 1.08 bits per heavy atom. The summed E-state index contributed by atoms with van der Waals surface area (Å²) in [5.74, 6) is 0. The first-order chi connectivity index (χ1) is 23.8. The molecule has 48 heavy (non-hydrogen) atoms. The first kappa shape index (κ1) is 26.7. The molecule has 0 saturated heterocycles. The van der Waals surface area contributed by atoms with Crippen LogP contribution in [0.5, 0.6) is 0 Å². The number of para-hydroxylation sites is 3. The molecule has 0 N–H and O–H groups in total. The molecule has 3 aromatic heterocycles. The van der Waals surface area contributed by atoms with Gasteiger partial charge in [0.15, 0.2) is 5.58 Å². The molecule has 0 bridgehead atoms. The Labute approximate surface area is 277 Å². The van der Waals surface area contributed by atoms with E-state index >= 15 is 0 Å². The minimum atomic E-state index is 0.844. The van der Waals surface area contributed by atoms with E-state index in [9.17, 15) is 0 Å². The van der Waals surface area contributed by atoms with E-state index in [0.717, 1.165) is 60.8 Å². The lowest BCUT2D eigenvalue weighted by Gasteiger charge is -2.10. The zero-order valence-electron chi connectivity index (χ0n) is 26.0. The van der Waals surface area contributed by atoms with Crippen LogP contribution in [0.2, 0.25) is 0 Å². The summed E-state index contributed by atoms with van der Waals surface area (Å²) in [7, 11) is 0. The molecule has 0 fully saturated rings. The topological polar surface area (TPSA) is 31.0 Å². The summed E-state index contributed by atoms with van der Waals surface area (Å²) in [6.07, 6.45) is 0. The zero-order valence-corrected chi connectivity index (χ0v) is 26.0. The zero-order chi connectivity index (χ0) is 31.6. The molecular weight excluding hydrogens is 585 g/mol. The normalized spacial score (nSPS) is 11.8. The molecule has 0 spiro atoms. The molecule has 0 saturated carbocycles. The first-order valence-corrected chi connectivity index (χ1v) is 16.3. The average Bonchev–Trinajstić information content (AvgIpc) is 3.70. The minimum Gasteiger partial charge on any atom is -0.454 e. The molecule has 0 amide bonds. The van der Waals surface area contributed by atoms with Crippen molar-refractivity contribution in [1.82, 2.24) is 9.55 Å². The SMILES string of the molecule is c1ccc(-c2ccc3c4ccccc4n(-c4cccc5c4oc4cc(-c6cc(-c7ccccc7)c7ccccc7n6)ccc45)c3c2)cc1. The molecule has 0 unspecified atom stereocenters. The second kappa shape index (κ2) is 10.5. The summed E-state index contributed by atoms with van der Waals surface area (Å²) in [6.45, 7) is 0. The fourth-order valence-corrected chi connectivity index (χ4v) is 7.34. The Bertz CT molecular complexity index is 2830. The highest BCUT2D eigenvalue weighted by molar-refractivity contribution is 6.13. The highest BCUT2D eigenvalue weighted by Crippen LogP contribution is 2.40. The molecule has 10 rings (SSSR count). The van der Waals surface area contributed by atoms with Crippen LogP contribution in [0.25, 0.3) is 93.8 Å². The lowest BCUT2D eigenvalue weighted by Crippen LogP contribution is -1.94. The van der Waals surface area contributed by atoms with Gasteiger partial charge in [-0.15, -0.1) is 0 Å². The summed E-state index contributed by atoms with van der Waals surface area (Å²) in [5.41, 5.74) is 12.7. The third-order valence-electron chi connectivity index (χ3n) is 9.60. The van der Waals surface area contributed by atoms with Crippen LogP contribution in [0.1, 0.15) is 0 Å². The molecule has 224 valence electrons. The summed E-state index contributed by atoms with van der Waals surface area (Å²) in [6, 6.07) is 60.1. The van der Waals surface area contributed by atoms with E-state index in [4.69, 9.17) is 9.40 Å². The monoisotopic (exact) mass is 612 g/mol. The molecule has 3 heterocycles. The number of hydrogen-bond donors (Lipinski definition) is 0. The van der Waals surface area contributed by atoms with Gasteiger partial charge in [0.05, 0.1) is 27.9 Å². The Kier molecular flexibility index (Phi) is 5.87. The van der Waals surface area contributed by atoms with Gasteiger partial charge in [-0.2, -0.15) is 0 Å². The Hall–Kier alpha value is -6.45. The van der Waals surface area contributed by atoms with E-state index in [-0.39, 0.29) is 0 Å². The molecule has 0 aliphatic rings. The predicted molar refractivity (Wildman–Crippen MR) is 200 cm³/mol. The van der Waals surface area contributed by atoms with Crippen LogP contribution in [0.4, 0.5) is 0 Å². The third kappa shape index (κ3) is 4.11. The van der Waals surface area contributed by atoms with Crippen LogP contribution in [-0.4, -0.2) is 9.55 Å². The average molecular weight is 613 g/mol. The maximum Gasteiger partial charge on any atom is 0.159 e. The second-order valence-electron chi connectivity index (χ2n) is 12.4. The molecule has 10 aromatic rings. The lowest BCUT2D eigenvalue weighted by atomic mass is 9.98. The number of pyridine rings is 1. The van der Waals surface area contributed by atoms with Crippen LogP contribution in [0, 0.1) is 0 Å². The Morgan fingerprint density at radius 3 is 1.94 bits per heavy atom. The lowest BCUT2D eigenvalue weighted by molar-refractivity contribution is 0.666. The van der Waals surface area contributed by atoms with Gasteiger partial charge < -0.3 is 8.98 Å². The van der Waals surface area contributed by atoms with Crippen LogP contribution >= 0.6 is 0 Å². The Balaban J connectivity index is 1.18. The number of rotatable bonds is 4. The summed E-state index contributed by atoms with van der Waals surface area (Å²) in [5, 5.41) is 5.76. The van der Waals surface area contributed by atoms with E-state index in [0.29, 0.717) is 0 Å². The van der Waals surface area contributed by atoms with E-state index in [2.05, 4.69) is 174 Å². The smallest absolute Gasteiger partial charge is 0.159 e. The highest BCUT2D eigenvalue weighted by Gasteiger charge is 2.19. The molecule has 0 aliphatic carbocycles. The fourth-order valence-electron chi connectivity index (χ4n) is 7.34. The van der Waals surface area contributed by atoms with Gasteiger partial charge in [-0.25, -0.2) is 4.98 Å². The second-order valence-corrected chi connectivity index (χ2v) is 12.4. The Morgan fingerprint density at radius 1 is 0.417 bits per heavy atom. The third-order valence-corrected chi connectivity index (χ3v) is 9.60. The molecule has 0 radical (unpaired) electrons. The van der Waals surface area contributed by atoms with Gasteiger partial charge in [-0.1, -0.05) is 127 Å². The van der Waals surface area contributed by atoms with Crippen molar-refractivity contribution in [3.8, 4) is 39.2 Å². The first-order valence-electron chi connectivity index (χ1n) is 16.3. The number of aromatic nitrogens is 2. The quantitative estimate of drug-likeness (QED) is 0.198. The number of hydrogen-bond acceptors (Lipinski definition) is 2. The van der Waals surface area contributed by atoms with Gasteiger partial charge in [0, 0.05) is 32.5 Å². The van der Waals surface area contributed by atoms with Gasteiger partial charge in [0.25, 0.3) is 0 Å². The van der Waals surface area contributed by atoms with Crippen molar-refractivity contribution in [3.05, 3.63) is 170 Å². The number of nitrogens with zero attached hydrogens (tertiary/aromatic N) is 2. The highest BCUT2D eigenvalue weighted by atomic mass is 16.3. The van der Waals surface area contributed by atoms with Gasteiger partial charge in [-0.05, 0) is 64.7 Å². The largest absolute Gasteiger partial charge is 0.454 e. The van der Waals surface area contributed by atoms with Crippen molar-refractivity contribution in [1.29, 1.82) is 0 Å². The van der Waals surface area contributed by atoms with Crippen LogP contribution in [0.3, 0.4) is 0 Å². The van der Waals surface area contributed by atoms with Crippen LogP contribution in [-0.2, 0) is 0 Å². The van der Waals surface area contributed by atoms with Crippen molar-refractivity contribution in [2.75, 3.05) is 0 Å². The number of fused-ring (bicyclic) bond motifs is 7. The summed E-state index contributed by atoms with van der Waals surface area (Å²) < 4.78 is 9.20. The van der Waals surface area contributed by atoms with Gasteiger partial charge in [-0.3, -0.25) is 0 Å². The van der Waals surface area contributed by atoms with E-state index in [1.165, 1.54) is 33.0 Å². The van der Waals surface area contributed by atoms with Crippen molar-refractivity contribution in [3.63, 3.8) is 0 Å². The van der Waals surface area contributed by atoms with E-state index in [1.807, 2.05) is 0 Å². The van der Waals surface area contributed by atoms with Crippen LogP contribution < -0.4 is 0 Å². The molecule has 3 nitrogen and oxygen atoms in total. The summed E-state index contributed by atoms with van der Waals surface area (Å²) in [4.78, 5) is 5.11. The van der Waals surface area contributed by atoms with E-state index in [1.54, 1.807) is 0 Å². The van der Waals surface area contributed by atoms with Gasteiger partial charge in [0.2, 0.25) is 0 Å². The van der Waals surface area contributed by atoms with Gasteiger partial charge in [0.1, 0.15) is 5.58 Å².